The molecule has 0 spiro atoms. The number of aliphatic carboxylic acids is 1. The van der Waals surface area contributed by atoms with Gasteiger partial charge in [-0.2, -0.15) is 0 Å². The monoisotopic (exact) mass is 455 g/mol. The number of Topliss-reactive ketones (excluding diaryl/α,β-unsaturated/α-hetero) is 1. The molecular weight excluding hydrogens is 435 g/mol. The van der Waals surface area contributed by atoms with Gasteiger partial charge < -0.3 is 10.4 Å². The standard InChI is InChI=1S/C25H20F3NO4/c1-25(2,24(32)33)13-22(30)15-5-3-14(4-6-15)16-8-10-21(20(28)11-16)29-23(31)17-7-9-18(26)19(27)12-17/h3-12H,13H2,1-2H3,(H,29,31)(H,32,33). The maximum Gasteiger partial charge on any atom is 0.309 e. The zero-order valence-electron chi connectivity index (χ0n) is 17.8. The van der Waals surface area contributed by atoms with E-state index in [1.165, 1.54) is 38.1 Å². The van der Waals surface area contributed by atoms with E-state index >= 15 is 0 Å². The Kier molecular flexibility index (Phi) is 6.67. The molecule has 170 valence electrons. The molecule has 0 bridgehead atoms. The third kappa shape index (κ3) is 5.46. The van der Waals surface area contributed by atoms with Crippen molar-refractivity contribution in [2.45, 2.75) is 20.3 Å². The van der Waals surface area contributed by atoms with Gasteiger partial charge in [0, 0.05) is 17.5 Å². The van der Waals surface area contributed by atoms with Crippen LogP contribution >= 0.6 is 0 Å². The van der Waals surface area contributed by atoms with Gasteiger partial charge in [-0.3, -0.25) is 14.4 Å². The summed E-state index contributed by atoms with van der Waals surface area (Å²) in [5.41, 5.74) is -0.0905. The molecule has 0 aromatic heterocycles. The largest absolute Gasteiger partial charge is 0.481 e. The first-order valence-corrected chi connectivity index (χ1v) is 9.91. The molecule has 0 radical (unpaired) electrons. The molecule has 1 amide bonds. The molecule has 0 aliphatic heterocycles. The average molecular weight is 455 g/mol. The van der Waals surface area contributed by atoms with Gasteiger partial charge in [-0.05, 0) is 55.3 Å². The van der Waals surface area contributed by atoms with Crippen LogP contribution in [0.1, 0.15) is 41.0 Å². The van der Waals surface area contributed by atoms with Gasteiger partial charge in [-0.1, -0.05) is 30.3 Å². The number of carbonyl (C=O) groups is 3. The molecular formula is C25H20F3NO4. The van der Waals surface area contributed by atoms with E-state index in [0.29, 0.717) is 16.7 Å². The topological polar surface area (TPSA) is 83.5 Å². The number of rotatable bonds is 7. The molecule has 0 fully saturated rings. The number of carbonyl (C=O) groups excluding carboxylic acids is 2. The Balaban J connectivity index is 1.74. The molecule has 3 rings (SSSR count). The third-order valence-corrected chi connectivity index (χ3v) is 5.12. The number of benzene rings is 3. The number of hydrogen-bond donors (Lipinski definition) is 2. The summed E-state index contributed by atoms with van der Waals surface area (Å²) in [4.78, 5) is 35.8. The lowest BCUT2D eigenvalue weighted by molar-refractivity contribution is -0.146. The lowest BCUT2D eigenvalue weighted by atomic mass is 9.85. The number of ketones is 1. The van der Waals surface area contributed by atoms with Crippen LogP contribution in [-0.4, -0.2) is 22.8 Å². The average Bonchev–Trinajstić information content (AvgIpc) is 2.76. The number of anilines is 1. The minimum atomic E-state index is -1.20. The number of amides is 1. The Bertz CT molecular complexity index is 1240. The smallest absolute Gasteiger partial charge is 0.309 e. The van der Waals surface area contributed by atoms with Gasteiger partial charge >= 0.3 is 5.97 Å². The van der Waals surface area contributed by atoms with Crippen molar-refractivity contribution >= 4 is 23.3 Å². The Hall–Kier alpha value is -3.94. The molecule has 3 aromatic carbocycles. The summed E-state index contributed by atoms with van der Waals surface area (Å²) in [6.07, 6.45) is -0.164. The first kappa shape index (κ1) is 23.7. The van der Waals surface area contributed by atoms with Crippen LogP contribution in [0.4, 0.5) is 18.9 Å². The molecule has 0 aliphatic carbocycles. The van der Waals surface area contributed by atoms with Gasteiger partial charge in [-0.15, -0.1) is 0 Å². The molecule has 0 aliphatic rings. The van der Waals surface area contributed by atoms with Crippen molar-refractivity contribution in [3.8, 4) is 11.1 Å². The fourth-order valence-electron chi connectivity index (χ4n) is 3.06. The second-order valence-corrected chi connectivity index (χ2v) is 8.14. The summed E-state index contributed by atoms with van der Waals surface area (Å²) in [5, 5.41) is 11.5. The molecule has 8 heteroatoms. The predicted octanol–water partition coefficient (Wildman–Crippen LogP) is 5.71. The van der Waals surface area contributed by atoms with E-state index in [-0.39, 0.29) is 23.5 Å². The van der Waals surface area contributed by atoms with Crippen LogP contribution in [0.25, 0.3) is 11.1 Å². The van der Waals surface area contributed by atoms with Gasteiger partial charge in [0.1, 0.15) is 5.82 Å². The highest BCUT2D eigenvalue weighted by atomic mass is 19.2. The summed E-state index contributed by atoms with van der Waals surface area (Å²) in [7, 11) is 0. The van der Waals surface area contributed by atoms with E-state index in [0.717, 1.165) is 18.2 Å². The van der Waals surface area contributed by atoms with Gasteiger partial charge in [-0.25, -0.2) is 13.2 Å². The molecule has 0 unspecified atom stereocenters. The lowest BCUT2D eigenvalue weighted by Crippen LogP contribution is -2.26. The maximum atomic E-state index is 14.6. The predicted molar refractivity (Wildman–Crippen MR) is 117 cm³/mol. The van der Waals surface area contributed by atoms with Crippen molar-refractivity contribution in [2.75, 3.05) is 5.32 Å². The van der Waals surface area contributed by atoms with Crippen LogP contribution < -0.4 is 5.32 Å². The number of carboxylic acid groups (broad SMARTS) is 1. The Morgan fingerprint density at radius 2 is 1.39 bits per heavy atom. The van der Waals surface area contributed by atoms with Crippen molar-refractivity contribution in [3.05, 3.63) is 89.2 Å². The molecule has 5 nitrogen and oxygen atoms in total. The first-order valence-electron chi connectivity index (χ1n) is 9.91. The van der Waals surface area contributed by atoms with E-state index in [9.17, 15) is 32.7 Å². The molecule has 0 heterocycles. The highest BCUT2D eigenvalue weighted by Gasteiger charge is 2.30. The fraction of sp³-hybridized carbons (Fsp3) is 0.160. The highest BCUT2D eigenvalue weighted by Crippen LogP contribution is 2.27. The molecule has 0 atom stereocenters. The summed E-state index contributed by atoms with van der Waals surface area (Å²) in [5.74, 6) is -5.22. The quantitative estimate of drug-likeness (QED) is 0.447. The molecule has 0 saturated carbocycles. The van der Waals surface area contributed by atoms with Crippen molar-refractivity contribution in [2.24, 2.45) is 5.41 Å². The SMILES string of the molecule is CC(C)(CC(=O)c1ccc(-c2ccc(NC(=O)c3ccc(F)c(F)c3)c(F)c2)cc1)C(=O)O. The van der Waals surface area contributed by atoms with Gasteiger partial charge in [0.15, 0.2) is 17.4 Å². The van der Waals surface area contributed by atoms with E-state index < -0.39 is 34.7 Å². The molecule has 33 heavy (non-hydrogen) atoms. The van der Waals surface area contributed by atoms with Crippen molar-refractivity contribution in [1.82, 2.24) is 0 Å². The van der Waals surface area contributed by atoms with Crippen molar-refractivity contribution < 1.29 is 32.7 Å². The second kappa shape index (κ2) is 9.28. The molecule has 2 N–H and O–H groups in total. The zero-order chi connectivity index (χ0) is 24.3. The number of halogens is 3. The van der Waals surface area contributed by atoms with Crippen LogP contribution in [0, 0.1) is 22.9 Å². The van der Waals surface area contributed by atoms with Gasteiger partial charge in [0.05, 0.1) is 11.1 Å². The second-order valence-electron chi connectivity index (χ2n) is 8.14. The normalized spacial score (nSPS) is 11.2. The summed E-state index contributed by atoms with van der Waals surface area (Å²) >= 11 is 0. The summed E-state index contributed by atoms with van der Waals surface area (Å²) in [6, 6.07) is 13.0. The van der Waals surface area contributed by atoms with Gasteiger partial charge in [0.2, 0.25) is 0 Å². The van der Waals surface area contributed by atoms with Crippen LogP contribution in [-0.2, 0) is 4.79 Å². The summed E-state index contributed by atoms with van der Waals surface area (Å²) in [6.45, 7) is 2.94. The minimum absolute atomic E-state index is 0.142. The highest BCUT2D eigenvalue weighted by molar-refractivity contribution is 6.04. The van der Waals surface area contributed by atoms with E-state index in [4.69, 9.17) is 0 Å². The van der Waals surface area contributed by atoms with Crippen LogP contribution in [0.3, 0.4) is 0 Å². The first-order chi connectivity index (χ1) is 15.5. The Morgan fingerprint density at radius 3 is 1.97 bits per heavy atom. The summed E-state index contributed by atoms with van der Waals surface area (Å²) < 4.78 is 40.9. The van der Waals surface area contributed by atoms with Crippen molar-refractivity contribution in [3.63, 3.8) is 0 Å². The van der Waals surface area contributed by atoms with Crippen LogP contribution in [0.15, 0.2) is 60.7 Å². The van der Waals surface area contributed by atoms with E-state index in [1.54, 1.807) is 18.2 Å². The third-order valence-electron chi connectivity index (χ3n) is 5.12. The van der Waals surface area contributed by atoms with E-state index in [1.807, 2.05) is 0 Å². The van der Waals surface area contributed by atoms with Crippen molar-refractivity contribution in [1.29, 1.82) is 0 Å². The number of carboxylic acids is 1. The molecule has 0 saturated heterocycles. The minimum Gasteiger partial charge on any atom is -0.481 e. The molecule has 3 aromatic rings. The maximum absolute atomic E-state index is 14.6. The van der Waals surface area contributed by atoms with Crippen LogP contribution in [0.5, 0.6) is 0 Å². The number of hydrogen-bond acceptors (Lipinski definition) is 3. The van der Waals surface area contributed by atoms with Crippen LogP contribution in [0.2, 0.25) is 0 Å². The zero-order valence-corrected chi connectivity index (χ0v) is 17.8. The fourth-order valence-corrected chi connectivity index (χ4v) is 3.06. The Labute approximate surface area is 187 Å². The lowest BCUT2D eigenvalue weighted by Gasteiger charge is -2.17. The Morgan fingerprint density at radius 1 is 0.788 bits per heavy atom. The van der Waals surface area contributed by atoms with E-state index in [2.05, 4.69) is 5.32 Å². The number of nitrogens with one attached hydrogen (secondary N) is 1. The van der Waals surface area contributed by atoms with Gasteiger partial charge in [0.25, 0.3) is 5.91 Å².